The second-order valence-corrected chi connectivity index (χ2v) is 5.05. The lowest BCUT2D eigenvalue weighted by atomic mass is 9.94. The van der Waals surface area contributed by atoms with E-state index in [4.69, 9.17) is 0 Å². The number of piperidine rings is 1. The van der Waals surface area contributed by atoms with Crippen molar-refractivity contribution < 1.29 is 0 Å². The first-order valence-electron chi connectivity index (χ1n) is 6.71. The molecule has 4 heteroatoms. The summed E-state index contributed by atoms with van der Waals surface area (Å²) in [6.07, 6.45) is 7.92. The molecule has 96 valence electrons. The Morgan fingerprint density at radius 3 is 2.88 bits per heavy atom. The zero-order chi connectivity index (χ0) is 11.9. The number of rotatable bonds is 6. The third-order valence-electron chi connectivity index (χ3n) is 3.65. The van der Waals surface area contributed by atoms with E-state index in [-0.39, 0.29) is 0 Å². The molecule has 0 unspecified atom stereocenters. The maximum atomic E-state index is 4.22. The summed E-state index contributed by atoms with van der Waals surface area (Å²) in [4.78, 5) is 2.42. The fourth-order valence-corrected chi connectivity index (χ4v) is 2.39. The van der Waals surface area contributed by atoms with Gasteiger partial charge in [-0.15, -0.1) is 0 Å². The van der Waals surface area contributed by atoms with Crippen LogP contribution in [0.15, 0.2) is 18.5 Å². The van der Waals surface area contributed by atoms with E-state index in [9.17, 15) is 0 Å². The smallest absolute Gasteiger partial charge is 0.0536 e. The van der Waals surface area contributed by atoms with Gasteiger partial charge in [-0.2, -0.15) is 5.10 Å². The molecular formula is C13H24N4. The molecule has 2 heterocycles. The van der Waals surface area contributed by atoms with Crippen LogP contribution in [0.1, 0.15) is 19.3 Å². The summed E-state index contributed by atoms with van der Waals surface area (Å²) in [6, 6.07) is 1.98. The van der Waals surface area contributed by atoms with Crippen molar-refractivity contribution in [2.75, 3.05) is 33.2 Å². The zero-order valence-electron chi connectivity index (χ0n) is 10.8. The normalized spacial score (nSPS) is 17.8. The van der Waals surface area contributed by atoms with Crippen LogP contribution in [-0.2, 0) is 6.54 Å². The van der Waals surface area contributed by atoms with E-state index in [2.05, 4.69) is 22.4 Å². The maximum Gasteiger partial charge on any atom is 0.0536 e. The Labute approximate surface area is 104 Å². The fourth-order valence-electron chi connectivity index (χ4n) is 2.39. The molecule has 0 bridgehead atoms. The molecule has 17 heavy (non-hydrogen) atoms. The molecule has 0 aliphatic carbocycles. The van der Waals surface area contributed by atoms with E-state index < -0.39 is 0 Å². The molecule has 1 fully saturated rings. The van der Waals surface area contributed by atoms with E-state index in [1.54, 1.807) is 0 Å². The van der Waals surface area contributed by atoms with Crippen LogP contribution in [0.25, 0.3) is 0 Å². The molecule has 0 radical (unpaired) electrons. The summed E-state index contributed by atoms with van der Waals surface area (Å²) in [6.45, 7) is 5.72. The van der Waals surface area contributed by atoms with Crippen LogP contribution in [-0.4, -0.2) is 47.9 Å². The second kappa shape index (κ2) is 6.77. The first-order valence-corrected chi connectivity index (χ1v) is 6.71. The highest BCUT2D eigenvalue weighted by Gasteiger charge is 2.13. The monoisotopic (exact) mass is 236 g/mol. The predicted octanol–water partition coefficient (Wildman–Crippen LogP) is 1.20. The molecule has 1 saturated heterocycles. The highest BCUT2D eigenvalue weighted by atomic mass is 15.3. The van der Waals surface area contributed by atoms with Gasteiger partial charge in [0.05, 0.1) is 6.54 Å². The maximum absolute atomic E-state index is 4.22. The number of aromatic nitrogens is 2. The Balaban J connectivity index is 1.58. The van der Waals surface area contributed by atoms with Crippen LogP contribution in [0.4, 0.5) is 0 Å². The number of hydrogen-bond donors (Lipinski definition) is 1. The van der Waals surface area contributed by atoms with Crippen LogP contribution >= 0.6 is 0 Å². The van der Waals surface area contributed by atoms with Crippen LogP contribution in [0.2, 0.25) is 0 Å². The van der Waals surface area contributed by atoms with Crippen LogP contribution in [0.3, 0.4) is 0 Å². The largest absolute Gasteiger partial charge is 0.317 e. The highest BCUT2D eigenvalue weighted by Crippen LogP contribution is 2.15. The molecule has 2 rings (SSSR count). The summed E-state index contributed by atoms with van der Waals surface area (Å²) in [5.41, 5.74) is 0. The molecule has 0 spiro atoms. The van der Waals surface area contributed by atoms with Gasteiger partial charge in [0.15, 0.2) is 0 Å². The Hall–Kier alpha value is -0.870. The van der Waals surface area contributed by atoms with Gasteiger partial charge >= 0.3 is 0 Å². The van der Waals surface area contributed by atoms with E-state index in [1.165, 1.54) is 38.9 Å². The van der Waals surface area contributed by atoms with Gasteiger partial charge in [-0.1, -0.05) is 0 Å². The lowest BCUT2D eigenvalue weighted by molar-refractivity contribution is 0.261. The van der Waals surface area contributed by atoms with Crippen molar-refractivity contribution >= 4 is 0 Å². The number of hydrogen-bond acceptors (Lipinski definition) is 3. The minimum absolute atomic E-state index is 0.934. The quantitative estimate of drug-likeness (QED) is 0.806. The third kappa shape index (κ3) is 4.48. The van der Waals surface area contributed by atoms with Crippen molar-refractivity contribution in [2.24, 2.45) is 5.92 Å². The lowest BCUT2D eigenvalue weighted by Gasteiger charge is -2.25. The zero-order valence-corrected chi connectivity index (χ0v) is 10.8. The van der Waals surface area contributed by atoms with Gasteiger partial charge in [0.1, 0.15) is 0 Å². The fraction of sp³-hybridized carbons (Fsp3) is 0.769. The molecule has 0 aromatic carbocycles. The molecule has 0 saturated carbocycles. The Bertz CT molecular complexity index is 290. The minimum atomic E-state index is 0.934. The summed E-state index contributed by atoms with van der Waals surface area (Å²) in [7, 11) is 2.21. The molecule has 1 aromatic rings. The summed E-state index contributed by atoms with van der Waals surface area (Å²) >= 11 is 0. The Morgan fingerprint density at radius 2 is 2.18 bits per heavy atom. The van der Waals surface area contributed by atoms with Crippen molar-refractivity contribution in [1.82, 2.24) is 20.0 Å². The van der Waals surface area contributed by atoms with Crippen LogP contribution in [0, 0.1) is 5.92 Å². The van der Waals surface area contributed by atoms with Crippen molar-refractivity contribution in [3.63, 3.8) is 0 Å². The molecule has 1 aliphatic rings. The average molecular weight is 236 g/mol. The summed E-state index contributed by atoms with van der Waals surface area (Å²) in [5, 5.41) is 7.64. The molecular weight excluding hydrogens is 212 g/mol. The first-order chi connectivity index (χ1) is 8.34. The van der Waals surface area contributed by atoms with Gasteiger partial charge in [0.2, 0.25) is 0 Å². The summed E-state index contributed by atoms with van der Waals surface area (Å²) < 4.78 is 2.00. The number of nitrogens with zero attached hydrogens (tertiary/aromatic N) is 3. The molecule has 1 N–H and O–H groups in total. The second-order valence-electron chi connectivity index (χ2n) is 5.05. The van der Waals surface area contributed by atoms with Gasteiger partial charge in [0, 0.05) is 18.9 Å². The van der Waals surface area contributed by atoms with Crippen LogP contribution < -0.4 is 5.32 Å². The van der Waals surface area contributed by atoms with Gasteiger partial charge in [-0.3, -0.25) is 4.68 Å². The van der Waals surface area contributed by atoms with Crippen molar-refractivity contribution in [2.45, 2.75) is 25.8 Å². The number of likely N-dealkylation sites (N-methyl/N-ethyl adjacent to an activating group) is 1. The molecule has 0 amide bonds. The van der Waals surface area contributed by atoms with Crippen molar-refractivity contribution in [3.8, 4) is 0 Å². The molecule has 0 atom stereocenters. The number of nitrogens with one attached hydrogen (secondary N) is 1. The van der Waals surface area contributed by atoms with Crippen molar-refractivity contribution in [3.05, 3.63) is 18.5 Å². The Kier molecular flexibility index (Phi) is 5.01. The first kappa shape index (κ1) is 12.6. The molecule has 1 aliphatic heterocycles. The average Bonchev–Trinajstić information content (AvgIpc) is 2.88. The van der Waals surface area contributed by atoms with E-state index >= 15 is 0 Å². The predicted molar refractivity (Wildman–Crippen MR) is 69.9 cm³/mol. The van der Waals surface area contributed by atoms with Gasteiger partial charge < -0.3 is 10.2 Å². The van der Waals surface area contributed by atoms with Gasteiger partial charge in [0.25, 0.3) is 0 Å². The summed E-state index contributed by atoms with van der Waals surface area (Å²) in [5.74, 6) is 0.934. The SMILES string of the molecule is CN(CCC1CCNCC1)CCn1cccn1. The van der Waals surface area contributed by atoms with E-state index in [0.717, 1.165) is 19.0 Å². The highest BCUT2D eigenvalue weighted by molar-refractivity contribution is 4.78. The minimum Gasteiger partial charge on any atom is -0.317 e. The molecule has 1 aromatic heterocycles. The van der Waals surface area contributed by atoms with Gasteiger partial charge in [-0.05, 0) is 57.9 Å². The van der Waals surface area contributed by atoms with Crippen LogP contribution in [0.5, 0.6) is 0 Å². The molecule has 4 nitrogen and oxygen atoms in total. The van der Waals surface area contributed by atoms with E-state index in [1.807, 2.05) is 23.1 Å². The standard InChI is InChI=1S/C13H24N4/c1-16(11-12-17-9-2-6-15-17)10-5-13-3-7-14-8-4-13/h2,6,9,13-14H,3-5,7-8,10-12H2,1H3. The topological polar surface area (TPSA) is 33.1 Å². The third-order valence-corrected chi connectivity index (χ3v) is 3.65. The Morgan fingerprint density at radius 1 is 1.35 bits per heavy atom. The van der Waals surface area contributed by atoms with Crippen molar-refractivity contribution in [1.29, 1.82) is 0 Å². The van der Waals surface area contributed by atoms with Gasteiger partial charge in [-0.25, -0.2) is 0 Å². The lowest BCUT2D eigenvalue weighted by Crippen LogP contribution is -2.31. The van der Waals surface area contributed by atoms with E-state index in [0.29, 0.717) is 0 Å².